The van der Waals surface area contributed by atoms with E-state index in [0.717, 1.165) is 17.1 Å². The largest absolute Gasteiger partial charge is 0.348 e. The van der Waals surface area contributed by atoms with Crippen molar-refractivity contribution in [2.45, 2.75) is 6.04 Å². The van der Waals surface area contributed by atoms with Gasteiger partial charge >= 0.3 is 0 Å². The van der Waals surface area contributed by atoms with Gasteiger partial charge in [0.15, 0.2) is 5.69 Å². The first-order valence-corrected chi connectivity index (χ1v) is 7.75. The Hall–Kier alpha value is -2.25. The molecule has 0 fully saturated rings. The zero-order valence-corrected chi connectivity index (χ0v) is 13.0. The summed E-state index contributed by atoms with van der Waals surface area (Å²) in [6.45, 7) is 0.389. The van der Waals surface area contributed by atoms with Crippen molar-refractivity contribution < 1.29 is 4.79 Å². The van der Waals surface area contributed by atoms with Crippen LogP contribution in [0.5, 0.6) is 0 Å². The van der Waals surface area contributed by atoms with Gasteiger partial charge in [0.05, 0.1) is 6.04 Å². The number of carbonyl (C=O) groups excluding carboxylic acids is 1. The molecule has 0 aliphatic rings. The van der Waals surface area contributed by atoms with Crippen LogP contribution in [0.1, 0.15) is 22.1 Å². The minimum Gasteiger partial charge on any atom is -0.348 e. The minimum absolute atomic E-state index is 0.122. The van der Waals surface area contributed by atoms with Crippen molar-refractivity contribution in [3.05, 3.63) is 64.4 Å². The van der Waals surface area contributed by atoms with Crippen molar-refractivity contribution in [2.75, 3.05) is 6.54 Å². The fraction of sp³-hybridized carbons (Fsp3) is 0.143. The fourth-order valence-electron chi connectivity index (χ4n) is 2.06. The Labute approximate surface area is 135 Å². The molecule has 2 aromatic heterocycles. The molecule has 1 aromatic carbocycles. The van der Waals surface area contributed by atoms with Gasteiger partial charge < -0.3 is 5.32 Å². The predicted octanol–water partition coefficient (Wildman–Crippen LogP) is 2.41. The molecular formula is C14H12ClN5OS. The highest BCUT2D eigenvalue weighted by Crippen LogP contribution is 2.19. The highest BCUT2D eigenvalue weighted by molar-refractivity contribution is 7.03. The summed E-state index contributed by atoms with van der Waals surface area (Å²) >= 11 is 7.07. The molecule has 0 radical (unpaired) electrons. The van der Waals surface area contributed by atoms with Crippen molar-refractivity contribution in [1.29, 1.82) is 0 Å². The van der Waals surface area contributed by atoms with Crippen LogP contribution in [-0.2, 0) is 0 Å². The van der Waals surface area contributed by atoms with Gasteiger partial charge in [0.25, 0.3) is 5.91 Å². The highest BCUT2D eigenvalue weighted by Gasteiger charge is 2.17. The van der Waals surface area contributed by atoms with Crippen LogP contribution in [0.2, 0.25) is 5.02 Å². The number of nitrogens with one attached hydrogen (secondary N) is 1. The van der Waals surface area contributed by atoms with Gasteiger partial charge in [0.1, 0.15) is 0 Å². The lowest BCUT2D eigenvalue weighted by atomic mass is 10.1. The number of carbonyl (C=O) groups is 1. The summed E-state index contributed by atoms with van der Waals surface area (Å²) in [5.74, 6) is -0.250. The smallest absolute Gasteiger partial charge is 0.272 e. The van der Waals surface area contributed by atoms with Gasteiger partial charge in [-0.25, -0.2) is 0 Å². The van der Waals surface area contributed by atoms with Crippen LogP contribution in [-0.4, -0.2) is 31.8 Å². The first kappa shape index (κ1) is 14.7. The highest BCUT2D eigenvalue weighted by atomic mass is 35.5. The number of benzene rings is 1. The van der Waals surface area contributed by atoms with Gasteiger partial charge in [-0.15, -0.1) is 5.10 Å². The molecule has 1 atom stereocenters. The minimum atomic E-state index is -0.250. The topological polar surface area (TPSA) is 72.7 Å². The Morgan fingerprint density at radius 2 is 2.18 bits per heavy atom. The average Bonchev–Trinajstić information content (AvgIpc) is 3.22. The van der Waals surface area contributed by atoms with E-state index in [-0.39, 0.29) is 11.9 Å². The van der Waals surface area contributed by atoms with E-state index < -0.39 is 0 Å². The summed E-state index contributed by atoms with van der Waals surface area (Å²) in [6, 6.07) is 9.20. The van der Waals surface area contributed by atoms with Crippen LogP contribution in [0.3, 0.4) is 0 Å². The molecule has 6 nitrogen and oxygen atoms in total. The van der Waals surface area contributed by atoms with E-state index in [1.807, 2.05) is 36.5 Å². The summed E-state index contributed by atoms with van der Waals surface area (Å²) in [7, 11) is 0. The number of hydrogen-bond donors (Lipinski definition) is 1. The Morgan fingerprint density at radius 1 is 1.36 bits per heavy atom. The van der Waals surface area contributed by atoms with E-state index in [9.17, 15) is 4.79 Å². The number of hydrogen-bond acceptors (Lipinski definition) is 5. The molecule has 0 aliphatic carbocycles. The van der Waals surface area contributed by atoms with E-state index in [1.165, 1.54) is 0 Å². The van der Waals surface area contributed by atoms with E-state index in [1.54, 1.807) is 16.3 Å². The van der Waals surface area contributed by atoms with Gasteiger partial charge in [0, 0.05) is 29.3 Å². The maximum absolute atomic E-state index is 12.0. The third-order valence-electron chi connectivity index (χ3n) is 3.15. The molecule has 0 aliphatic heterocycles. The quantitative estimate of drug-likeness (QED) is 0.778. The molecule has 3 rings (SSSR count). The third-order valence-corrected chi connectivity index (χ3v) is 3.90. The average molecular weight is 334 g/mol. The normalized spacial score (nSPS) is 12.0. The van der Waals surface area contributed by atoms with E-state index in [2.05, 4.69) is 20.0 Å². The van der Waals surface area contributed by atoms with Gasteiger partial charge in [0.2, 0.25) is 0 Å². The number of rotatable bonds is 5. The van der Waals surface area contributed by atoms with Crippen LogP contribution in [0, 0.1) is 0 Å². The SMILES string of the molecule is O=C(NC[C@H](c1ccc(Cl)cc1)n1cccn1)c1csnn1. The summed E-state index contributed by atoms with van der Waals surface area (Å²) in [6.07, 6.45) is 3.56. The summed E-state index contributed by atoms with van der Waals surface area (Å²) in [5.41, 5.74) is 1.32. The van der Waals surface area contributed by atoms with Crippen molar-refractivity contribution in [3.8, 4) is 0 Å². The Bertz CT molecular complexity index is 727. The second-order valence-corrected chi connectivity index (χ2v) is 5.60. The molecule has 22 heavy (non-hydrogen) atoms. The molecule has 3 aromatic rings. The van der Waals surface area contributed by atoms with E-state index in [0.29, 0.717) is 17.3 Å². The molecule has 8 heteroatoms. The van der Waals surface area contributed by atoms with Crippen molar-refractivity contribution in [2.24, 2.45) is 0 Å². The molecule has 0 bridgehead atoms. The van der Waals surface area contributed by atoms with E-state index in [4.69, 9.17) is 11.6 Å². The molecule has 1 N–H and O–H groups in total. The molecule has 0 unspecified atom stereocenters. The third kappa shape index (κ3) is 3.32. The van der Waals surface area contributed by atoms with Gasteiger partial charge in [-0.05, 0) is 35.3 Å². The molecular weight excluding hydrogens is 322 g/mol. The van der Waals surface area contributed by atoms with Crippen LogP contribution in [0.25, 0.3) is 0 Å². The summed E-state index contributed by atoms with van der Waals surface area (Å²) in [5, 5.41) is 13.2. The molecule has 2 heterocycles. The van der Waals surface area contributed by atoms with Gasteiger partial charge in [-0.3, -0.25) is 9.48 Å². The van der Waals surface area contributed by atoms with Crippen molar-refractivity contribution in [1.82, 2.24) is 24.7 Å². The summed E-state index contributed by atoms with van der Waals surface area (Å²) < 4.78 is 5.48. The predicted molar refractivity (Wildman–Crippen MR) is 84.1 cm³/mol. The molecule has 0 spiro atoms. The van der Waals surface area contributed by atoms with Gasteiger partial charge in [-0.2, -0.15) is 5.10 Å². The second-order valence-electron chi connectivity index (χ2n) is 4.55. The maximum Gasteiger partial charge on any atom is 0.272 e. The van der Waals surface area contributed by atoms with Gasteiger partial charge in [-0.1, -0.05) is 28.2 Å². The zero-order chi connectivity index (χ0) is 15.4. The summed E-state index contributed by atoms with van der Waals surface area (Å²) in [4.78, 5) is 12.0. The lowest BCUT2D eigenvalue weighted by molar-refractivity contribution is 0.0944. The number of nitrogens with zero attached hydrogens (tertiary/aromatic N) is 4. The first-order valence-electron chi connectivity index (χ1n) is 6.54. The van der Waals surface area contributed by atoms with Crippen molar-refractivity contribution >= 4 is 29.0 Å². The maximum atomic E-state index is 12.0. The standard InChI is InChI=1S/C14H12ClN5OS/c15-11-4-2-10(3-5-11)13(20-7-1-6-17-20)8-16-14(21)12-9-22-19-18-12/h1-7,9,13H,8H2,(H,16,21)/t13-/m1/s1. The second kappa shape index (κ2) is 6.67. The fourth-order valence-corrected chi connectivity index (χ4v) is 2.62. The number of amides is 1. The lowest BCUT2D eigenvalue weighted by Gasteiger charge is -2.18. The molecule has 0 saturated heterocycles. The number of aromatic nitrogens is 4. The first-order chi connectivity index (χ1) is 10.7. The monoisotopic (exact) mass is 333 g/mol. The Balaban J connectivity index is 1.78. The molecule has 112 valence electrons. The number of halogens is 1. The Kier molecular flexibility index (Phi) is 4.45. The molecule has 1 amide bonds. The van der Waals surface area contributed by atoms with Crippen LogP contribution in [0.4, 0.5) is 0 Å². The zero-order valence-electron chi connectivity index (χ0n) is 11.4. The van der Waals surface area contributed by atoms with Crippen LogP contribution < -0.4 is 5.32 Å². The van der Waals surface area contributed by atoms with Crippen LogP contribution in [0.15, 0.2) is 48.1 Å². The van der Waals surface area contributed by atoms with Crippen molar-refractivity contribution in [3.63, 3.8) is 0 Å². The Morgan fingerprint density at radius 3 is 2.82 bits per heavy atom. The van der Waals surface area contributed by atoms with Crippen LogP contribution >= 0.6 is 23.1 Å². The van der Waals surface area contributed by atoms with E-state index >= 15 is 0 Å². The molecule has 0 saturated carbocycles. The lowest BCUT2D eigenvalue weighted by Crippen LogP contribution is -2.31.